The largest absolute Gasteiger partial charge is 0.462 e. The number of ether oxygens (including phenoxy) is 6. The molecule has 7 N–H and O–H groups in total. The average molecular weight is 1070 g/mol. The van der Waals surface area contributed by atoms with Crippen LogP contribution in [0.3, 0.4) is 0 Å². The molecule has 75 heavy (non-hydrogen) atoms. The maximum atomic E-state index is 13.1. The highest BCUT2D eigenvalue weighted by molar-refractivity contribution is 5.70. The number of hydrogen-bond acceptors (Lipinski definition) is 15. The molecule has 15 heteroatoms. The summed E-state index contributed by atoms with van der Waals surface area (Å²) >= 11 is 0. The van der Waals surface area contributed by atoms with Crippen molar-refractivity contribution in [2.24, 2.45) is 0 Å². The molecule has 0 spiro atoms. The molecule has 0 amide bonds. The normalized spacial score (nSPS) is 24.5. The molecule has 0 aliphatic carbocycles. The van der Waals surface area contributed by atoms with Crippen LogP contribution in [0.2, 0.25) is 0 Å². The van der Waals surface area contributed by atoms with E-state index in [1.807, 2.05) is 0 Å². The first-order valence-corrected chi connectivity index (χ1v) is 30.8. The van der Waals surface area contributed by atoms with E-state index in [-0.39, 0.29) is 26.1 Å². The van der Waals surface area contributed by atoms with E-state index >= 15 is 0 Å². The van der Waals surface area contributed by atoms with Gasteiger partial charge < -0.3 is 64.2 Å². The number of carbonyl (C=O) groups excluding carboxylic acids is 2. The quantitative estimate of drug-likeness (QED) is 0.0171. The van der Waals surface area contributed by atoms with Gasteiger partial charge in [-0.3, -0.25) is 9.59 Å². The number of carbonyl (C=O) groups is 2. The first kappa shape index (κ1) is 69.3. The molecule has 0 aromatic carbocycles. The Morgan fingerprint density at radius 3 is 1.19 bits per heavy atom. The standard InChI is InChI=1S/C60H112O15/c1-3-5-7-9-11-13-15-17-19-21-22-23-24-25-27-28-30-32-34-36-38-40-42-51(62)70-45-48(73-52(63)43-41-39-37-35-33-31-29-26-20-18-16-14-12-10-8-6-4-2)46-71-59-58(69)56(67)54(65)50(75-59)47-72-60-57(68)55(66)53(64)49(44-61)74-60/h14,16,48-50,53-61,64-69H,3-13,15,17-47H2,1-2H3/b16-14+/t48-,49+,50+,53-,54-,55?,56?,57?,58?,59+,60+/m0/s1. The molecule has 0 bridgehead atoms. The van der Waals surface area contributed by atoms with E-state index in [0.717, 1.165) is 44.9 Å². The summed E-state index contributed by atoms with van der Waals surface area (Å²) in [5, 5.41) is 72.3. The van der Waals surface area contributed by atoms with E-state index < -0.39 is 92.7 Å². The van der Waals surface area contributed by atoms with Crippen LogP contribution < -0.4 is 0 Å². The van der Waals surface area contributed by atoms with Crippen LogP contribution in [0.5, 0.6) is 0 Å². The van der Waals surface area contributed by atoms with E-state index in [1.165, 1.54) is 180 Å². The van der Waals surface area contributed by atoms with Crippen LogP contribution in [-0.2, 0) is 38.0 Å². The van der Waals surface area contributed by atoms with Crippen molar-refractivity contribution < 1.29 is 73.8 Å². The van der Waals surface area contributed by atoms with Gasteiger partial charge in [0.2, 0.25) is 0 Å². The maximum Gasteiger partial charge on any atom is 0.306 e. The second kappa shape index (κ2) is 47.1. The van der Waals surface area contributed by atoms with E-state index in [4.69, 9.17) is 28.4 Å². The average Bonchev–Trinajstić information content (AvgIpc) is 3.40. The molecule has 442 valence electrons. The SMILES string of the molecule is CCCCCC/C=C/CCCCCCCCCCCC(=O)O[C@@H](COC(=O)CCCCCCCCCCCCCCCCCCCCCCCC)CO[C@@H]1O[C@H](CO[C@@H]2O[C@H](CO)[C@H](O)C(O)C2O)[C@H](O)C(O)C1O. The molecule has 4 unspecified atom stereocenters. The Kier molecular flexibility index (Phi) is 43.5. The van der Waals surface area contributed by atoms with Gasteiger partial charge in [0.25, 0.3) is 0 Å². The molecule has 2 saturated heterocycles. The number of esters is 2. The van der Waals surface area contributed by atoms with Gasteiger partial charge in [-0.25, -0.2) is 0 Å². The van der Waals surface area contributed by atoms with E-state index in [2.05, 4.69) is 26.0 Å². The van der Waals surface area contributed by atoms with Crippen LogP contribution in [0.15, 0.2) is 12.2 Å². The molecular formula is C60H112O15. The molecule has 15 nitrogen and oxygen atoms in total. The summed E-state index contributed by atoms with van der Waals surface area (Å²) in [6, 6.07) is 0. The lowest BCUT2D eigenvalue weighted by molar-refractivity contribution is -0.332. The molecule has 2 rings (SSSR count). The molecule has 2 aliphatic rings. The minimum Gasteiger partial charge on any atom is -0.462 e. The second-order valence-corrected chi connectivity index (χ2v) is 21.9. The summed E-state index contributed by atoms with van der Waals surface area (Å²) in [6.45, 7) is 2.64. The van der Waals surface area contributed by atoms with Crippen molar-refractivity contribution in [1.29, 1.82) is 0 Å². The zero-order valence-electron chi connectivity index (χ0n) is 47.3. The first-order valence-electron chi connectivity index (χ1n) is 30.8. The highest BCUT2D eigenvalue weighted by Crippen LogP contribution is 2.27. The third-order valence-corrected chi connectivity index (χ3v) is 15.0. The fraction of sp³-hybridized carbons (Fsp3) is 0.933. The fourth-order valence-corrected chi connectivity index (χ4v) is 9.98. The molecule has 2 aliphatic heterocycles. The van der Waals surface area contributed by atoms with Crippen molar-refractivity contribution in [3.05, 3.63) is 12.2 Å². The van der Waals surface area contributed by atoms with Gasteiger partial charge in [0.05, 0.1) is 19.8 Å². The summed E-state index contributed by atoms with van der Waals surface area (Å²) in [5.41, 5.74) is 0. The third-order valence-electron chi connectivity index (χ3n) is 15.0. The summed E-state index contributed by atoms with van der Waals surface area (Å²) in [7, 11) is 0. The Morgan fingerprint density at radius 1 is 0.413 bits per heavy atom. The fourth-order valence-electron chi connectivity index (χ4n) is 9.98. The van der Waals surface area contributed by atoms with Crippen LogP contribution in [0.25, 0.3) is 0 Å². The van der Waals surface area contributed by atoms with Crippen molar-refractivity contribution in [2.45, 2.75) is 332 Å². The molecule has 0 radical (unpaired) electrons. The van der Waals surface area contributed by atoms with Crippen molar-refractivity contribution in [2.75, 3.05) is 26.4 Å². The summed E-state index contributed by atoms with van der Waals surface area (Å²) < 4.78 is 33.8. The second-order valence-electron chi connectivity index (χ2n) is 21.9. The first-order chi connectivity index (χ1) is 36.5. The van der Waals surface area contributed by atoms with Gasteiger partial charge >= 0.3 is 11.9 Å². The predicted octanol–water partition coefficient (Wildman–Crippen LogP) is 10.9. The van der Waals surface area contributed by atoms with E-state index in [9.17, 15) is 45.3 Å². The van der Waals surface area contributed by atoms with Crippen LogP contribution in [0, 0.1) is 0 Å². The van der Waals surface area contributed by atoms with Gasteiger partial charge in [0, 0.05) is 12.8 Å². The molecule has 2 fully saturated rings. The zero-order chi connectivity index (χ0) is 54.6. The molecule has 0 aromatic rings. The van der Waals surface area contributed by atoms with Gasteiger partial charge in [0.1, 0.15) is 55.4 Å². The summed E-state index contributed by atoms with van der Waals surface area (Å²) in [4.78, 5) is 25.9. The van der Waals surface area contributed by atoms with Gasteiger partial charge in [0.15, 0.2) is 18.7 Å². The lowest BCUT2D eigenvalue weighted by atomic mass is 9.98. The minimum atomic E-state index is -1.76. The van der Waals surface area contributed by atoms with Crippen LogP contribution in [0.1, 0.15) is 264 Å². The molecule has 0 aromatic heterocycles. The van der Waals surface area contributed by atoms with Crippen LogP contribution in [-0.4, -0.2) is 142 Å². The lowest BCUT2D eigenvalue weighted by Gasteiger charge is -2.42. The number of hydrogen-bond donors (Lipinski definition) is 7. The maximum absolute atomic E-state index is 13.1. The molecular weight excluding hydrogens is 961 g/mol. The third kappa shape index (κ3) is 34.1. The summed E-state index contributed by atoms with van der Waals surface area (Å²) in [5.74, 6) is -0.910. The Hall–Kier alpha value is -1.76. The highest BCUT2D eigenvalue weighted by atomic mass is 16.7. The van der Waals surface area contributed by atoms with Crippen molar-refractivity contribution >= 4 is 11.9 Å². The number of aliphatic hydroxyl groups excluding tert-OH is 7. The lowest BCUT2D eigenvalue weighted by Crippen LogP contribution is -2.61. The van der Waals surface area contributed by atoms with Crippen molar-refractivity contribution in [3.8, 4) is 0 Å². The number of aliphatic hydroxyl groups is 7. The van der Waals surface area contributed by atoms with Crippen molar-refractivity contribution in [3.63, 3.8) is 0 Å². The predicted molar refractivity (Wildman–Crippen MR) is 294 cm³/mol. The monoisotopic (exact) mass is 1070 g/mol. The van der Waals surface area contributed by atoms with Crippen molar-refractivity contribution in [1.82, 2.24) is 0 Å². The Morgan fingerprint density at radius 2 is 0.760 bits per heavy atom. The summed E-state index contributed by atoms with van der Waals surface area (Å²) in [6.07, 6.45) is 33.7. The van der Waals surface area contributed by atoms with Gasteiger partial charge in [-0.05, 0) is 38.5 Å². The zero-order valence-corrected chi connectivity index (χ0v) is 47.3. The topological polar surface area (TPSA) is 231 Å². The molecule has 11 atom stereocenters. The Bertz CT molecular complexity index is 1350. The van der Waals surface area contributed by atoms with Crippen LogP contribution >= 0.6 is 0 Å². The number of rotatable bonds is 50. The van der Waals surface area contributed by atoms with Crippen LogP contribution in [0.4, 0.5) is 0 Å². The smallest absolute Gasteiger partial charge is 0.306 e. The van der Waals surface area contributed by atoms with E-state index in [0.29, 0.717) is 12.8 Å². The number of unbranched alkanes of at least 4 members (excludes halogenated alkanes) is 34. The molecule has 2 heterocycles. The van der Waals surface area contributed by atoms with Gasteiger partial charge in [-0.1, -0.05) is 225 Å². The Labute approximate surface area is 454 Å². The number of allylic oxidation sites excluding steroid dienone is 2. The minimum absolute atomic E-state index is 0.168. The van der Waals surface area contributed by atoms with Gasteiger partial charge in [-0.15, -0.1) is 0 Å². The molecule has 0 saturated carbocycles. The van der Waals surface area contributed by atoms with Gasteiger partial charge in [-0.2, -0.15) is 0 Å². The highest BCUT2D eigenvalue weighted by Gasteiger charge is 2.47. The van der Waals surface area contributed by atoms with E-state index in [1.54, 1.807) is 0 Å². The Balaban J connectivity index is 1.71.